The summed E-state index contributed by atoms with van der Waals surface area (Å²) in [6, 6.07) is 21.1. The van der Waals surface area contributed by atoms with Gasteiger partial charge in [-0.15, -0.1) is 0 Å². The Morgan fingerprint density at radius 3 is 2.62 bits per heavy atom. The zero-order valence-corrected chi connectivity index (χ0v) is 20.4. The highest BCUT2D eigenvalue weighted by Gasteiger charge is 2.25. The maximum atomic E-state index is 12.7. The lowest BCUT2D eigenvalue weighted by molar-refractivity contribution is -0.115. The van der Waals surface area contributed by atoms with Crippen LogP contribution in [0.2, 0.25) is 10.0 Å². The molecule has 1 amide bonds. The van der Waals surface area contributed by atoms with E-state index in [1.54, 1.807) is 25.3 Å². The van der Waals surface area contributed by atoms with Crippen LogP contribution in [0.5, 0.6) is 5.75 Å². The number of halogens is 2. The number of ether oxygens (including phenoxy) is 1. The third-order valence-corrected chi connectivity index (χ3v) is 6.78. The summed E-state index contributed by atoms with van der Waals surface area (Å²) in [6.07, 6.45) is 3.97. The first-order valence-corrected chi connectivity index (χ1v) is 12.0. The van der Waals surface area contributed by atoms with Gasteiger partial charge in [0.05, 0.1) is 12.0 Å². The second-order valence-corrected chi connectivity index (χ2v) is 9.56. The van der Waals surface area contributed by atoms with Crippen LogP contribution in [0.1, 0.15) is 11.1 Å². The van der Waals surface area contributed by atoms with Gasteiger partial charge in [0.25, 0.3) is 5.91 Å². The average Bonchev–Trinajstić information content (AvgIpc) is 3.35. The van der Waals surface area contributed by atoms with E-state index in [2.05, 4.69) is 33.2 Å². The van der Waals surface area contributed by atoms with E-state index in [-0.39, 0.29) is 5.91 Å². The number of amidine groups is 1. The van der Waals surface area contributed by atoms with Gasteiger partial charge in [-0.3, -0.25) is 4.79 Å². The van der Waals surface area contributed by atoms with Crippen molar-refractivity contribution in [3.8, 4) is 5.75 Å². The van der Waals surface area contributed by atoms with Gasteiger partial charge in [-0.05, 0) is 59.8 Å². The van der Waals surface area contributed by atoms with Gasteiger partial charge in [-0.25, -0.2) is 4.99 Å². The largest absolute Gasteiger partial charge is 0.494 e. The Bertz CT molecular complexity index is 1460. The van der Waals surface area contributed by atoms with Crippen LogP contribution in [0.3, 0.4) is 0 Å². The summed E-state index contributed by atoms with van der Waals surface area (Å²) in [6.45, 7) is 0.696. The van der Waals surface area contributed by atoms with Gasteiger partial charge in [-0.1, -0.05) is 53.5 Å². The first-order chi connectivity index (χ1) is 16.5. The quantitative estimate of drug-likeness (QED) is 0.299. The van der Waals surface area contributed by atoms with Gasteiger partial charge in [0.2, 0.25) is 0 Å². The highest BCUT2D eigenvalue weighted by molar-refractivity contribution is 8.18. The number of carbonyl (C=O) groups is 1. The Morgan fingerprint density at radius 1 is 1.06 bits per heavy atom. The van der Waals surface area contributed by atoms with Crippen molar-refractivity contribution in [2.75, 3.05) is 7.11 Å². The number of hydrogen-bond acceptors (Lipinski definition) is 4. The zero-order valence-electron chi connectivity index (χ0n) is 18.1. The van der Waals surface area contributed by atoms with Crippen molar-refractivity contribution in [2.24, 2.45) is 4.99 Å². The van der Waals surface area contributed by atoms with Crippen LogP contribution in [0.15, 0.2) is 82.8 Å². The summed E-state index contributed by atoms with van der Waals surface area (Å²) in [5.74, 6) is 0.383. The van der Waals surface area contributed by atoms with Crippen LogP contribution in [0, 0.1) is 0 Å². The summed E-state index contributed by atoms with van der Waals surface area (Å²) in [4.78, 5) is 17.8. The van der Waals surface area contributed by atoms with E-state index in [1.165, 1.54) is 11.8 Å². The summed E-state index contributed by atoms with van der Waals surface area (Å²) in [5.41, 5.74) is 3.75. The van der Waals surface area contributed by atoms with E-state index in [0.29, 0.717) is 38.1 Å². The number of rotatable bonds is 5. The number of para-hydroxylation sites is 1. The van der Waals surface area contributed by atoms with Crippen molar-refractivity contribution in [1.29, 1.82) is 0 Å². The average molecular weight is 508 g/mol. The molecule has 0 spiro atoms. The number of aromatic nitrogens is 1. The van der Waals surface area contributed by atoms with Gasteiger partial charge >= 0.3 is 0 Å². The molecule has 1 aromatic heterocycles. The van der Waals surface area contributed by atoms with Gasteiger partial charge in [0.15, 0.2) is 5.17 Å². The van der Waals surface area contributed by atoms with E-state index in [1.807, 2.05) is 42.5 Å². The van der Waals surface area contributed by atoms with Crippen molar-refractivity contribution in [1.82, 2.24) is 9.88 Å². The van der Waals surface area contributed by atoms with Crippen LogP contribution in [0.4, 0.5) is 5.69 Å². The molecule has 1 N–H and O–H groups in total. The molecule has 8 heteroatoms. The molecule has 4 aromatic rings. The number of nitrogens with one attached hydrogen (secondary N) is 1. The van der Waals surface area contributed by atoms with Gasteiger partial charge in [0, 0.05) is 39.3 Å². The molecule has 1 saturated heterocycles. The minimum Gasteiger partial charge on any atom is -0.494 e. The number of carbonyl (C=O) groups excluding carboxylic acids is 1. The number of aliphatic imine (C=N–C) groups is 1. The SMILES string of the molecule is COc1ccc(Cl)cc1N=C1NC(=O)/C(=C/c2cn(Cc3ccc(Cl)cc3)c3ccccc23)S1. The summed E-state index contributed by atoms with van der Waals surface area (Å²) >= 11 is 13.4. The number of fused-ring (bicyclic) bond motifs is 1. The van der Waals surface area contributed by atoms with E-state index in [4.69, 9.17) is 27.9 Å². The third-order valence-electron chi connectivity index (χ3n) is 5.39. The Kier molecular flexibility index (Phi) is 6.37. The second kappa shape index (κ2) is 9.58. The normalized spacial score (nSPS) is 15.9. The third kappa shape index (κ3) is 4.71. The monoisotopic (exact) mass is 507 g/mol. The first-order valence-electron chi connectivity index (χ1n) is 10.5. The van der Waals surface area contributed by atoms with Gasteiger partial charge in [0.1, 0.15) is 11.4 Å². The Balaban J connectivity index is 1.47. The van der Waals surface area contributed by atoms with Crippen molar-refractivity contribution >= 4 is 68.7 Å². The smallest absolute Gasteiger partial charge is 0.264 e. The Labute approximate surface area is 211 Å². The Morgan fingerprint density at radius 2 is 1.82 bits per heavy atom. The van der Waals surface area contributed by atoms with Crippen LogP contribution in [-0.4, -0.2) is 22.8 Å². The molecule has 3 aromatic carbocycles. The molecule has 0 aliphatic carbocycles. The number of nitrogens with zero attached hydrogens (tertiary/aromatic N) is 2. The topological polar surface area (TPSA) is 55.6 Å². The summed E-state index contributed by atoms with van der Waals surface area (Å²) in [7, 11) is 1.57. The molecule has 0 saturated carbocycles. The van der Waals surface area contributed by atoms with Crippen LogP contribution in [0.25, 0.3) is 17.0 Å². The minimum absolute atomic E-state index is 0.195. The second-order valence-electron chi connectivity index (χ2n) is 7.65. The van der Waals surface area contributed by atoms with E-state index in [0.717, 1.165) is 22.0 Å². The van der Waals surface area contributed by atoms with Gasteiger partial charge in [-0.2, -0.15) is 0 Å². The lowest BCUT2D eigenvalue weighted by atomic mass is 10.1. The van der Waals surface area contributed by atoms with Crippen molar-refractivity contribution in [2.45, 2.75) is 6.54 Å². The molecule has 1 aliphatic rings. The molecule has 1 aliphatic heterocycles. The van der Waals surface area contributed by atoms with E-state index >= 15 is 0 Å². The van der Waals surface area contributed by atoms with Crippen LogP contribution < -0.4 is 10.1 Å². The number of benzene rings is 3. The molecule has 5 nitrogen and oxygen atoms in total. The number of thioether (sulfide) groups is 1. The van der Waals surface area contributed by atoms with Gasteiger partial charge < -0.3 is 14.6 Å². The van der Waals surface area contributed by atoms with Crippen molar-refractivity contribution in [3.63, 3.8) is 0 Å². The zero-order chi connectivity index (χ0) is 23.7. The molecule has 1 fully saturated rings. The van der Waals surface area contributed by atoms with Crippen LogP contribution in [-0.2, 0) is 11.3 Å². The fraction of sp³-hybridized carbons (Fsp3) is 0.0769. The molecule has 0 radical (unpaired) electrons. The number of amides is 1. The molecule has 170 valence electrons. The first kappa shape index (κ1) is 22.6. The predicted molar refractivity (Wildman–Crippen MR) is 141 cm³/mol. The Hall–Kier alpha value is -3.19. The summed E-state index contributed by atoms with van der Waals surface area (Å²) in [5, 5.41) is 5.63. The van der Waals surface area contributed by atoms with E-state index < -0.39 is 0 Å². The highest BCUT2D eigenvalue weighted by Crippen LogP contribution is 2.35. The molecular weight excluding hydrogens is 489 g/mol. The van der Waals surface area contributed by atoms with Crippen molar-refractivity contribution < 1.29 is 9.53 Å². The lowest BCUT2D eigenvalue weighted by Crippen LogP contribution is -2.19. The fourth-order valence-corrected chi connectivity index (χ4v) is 4.91. The molecule has 34 heavy (non-hydrogen) atoms. The number of hydrogen-bond donors (Lipinski definition) is 1. The van der Waals surface area contributed by atoms with E-state index in [9.17, 15) is 4.79 Å². The maximum absolute atomic E-state index is 12.7. The number of methoxy groups -OCH3 is 1. The lowest BCUT2D eigenvalue weighted by Gasteiger charge is -2.05. The standard InChI is InChI=1S/C26H19Cl2N3O2S/c1-33-23-11-10-19(28)13-21(23)29-26-30-25(32)24(34-26)12-17-15-31(22-5-3-2-4-20(17)22)14-16-6-8-18(27)9-7-16/h2-13,15H,14H2,1H3,(H,29,30,32)/b24-12-. The minimum atomic E-state index is -0.195. The maximum Gasteiger partial charge on any atom is 0.264 e. The highest BCUT2D eigenvalue weighted by atomic mass is 35.5. The molecule has 0 unspecified atom stereocenters. The fourth-order valence-electron chi connectivity index (χ4n) is 3.79. The van der Waals surface area contributed by atoms with Crippen LogP contribution >= 0.6 is 35.0 Å². The molecule has 0 atom stereocenters. The molecule has 2 heterocycles. The predicted octanol–water partition coefficient (Wildman–Crippen LogP) is 6.90. The molecule has 5 rings (SSSR count). The summed E-state index contributed by atoms with van der Waals surface area (Å²) < 4.78 is 7.53. The molecule has 0 bridgehead atoms. The van der Waals surface area contributed by atoms with Crippen molar-refractivity contribution in [3.05, 3.63) is 99.0 Å². The molecular formula is C26H19Cl2N3O2S.